The standard InChI is InChI=1S/C10H19NS/c1-4-6-9-10(7-5-2)12-8(3)11-9/h9-10H,4-7H2,1-3H3. The lowest BCUT2D eigenvalue weighted by Gasteiger charge is -2.14. The molecule has 0 radical (unpaired) electrons. The molecule has 2 atom stereocenters. The highest BCUT2D eigenvalue weighted by Gasteiger charge is 2.26. The Kier molecular flexibility index (Phi) is 4.13. The van der Waals surface area contributed by atoms with Crippen LogP contribution in [0, 0.1) is 0 Å². The number of hydrogen-bond donors (Lipinski definition) is 0. The molecule has 0 bridgehead atoms. The molecule has 0 aliphatic carbocycles. The number of nitrogens with zero attached hydrogens (tertiary/aromatic N) is 1. The smallest absolute Gasteiger partial charge is 0.0652 e. The molecule has 1 rings (SSSR count). The Hall–Kier alpha value is 0.0200. The third-order valence-electron chi connectivity index (χ3n) is 2.26. The van der Waals surface area contributed by atoms with Crippen molar-refractivity contribution in [3.05, 3.63) is 0 Å². The van der Waals surface area contributed by atoms with Crippen molar-refractivity contribution in [1.29, 1.82) is 0 Å². The summed E-state index contributed by atoms with van der Waals surface area (Å²) in [4.78, 5) is 4.66. The van der Waals surface area contributed by atoms with Crippen LogP contribution >= 0.6 is 11.8 Å². The van der Waals surface area contributed by atoms with Gasteiger partial charge in [0.25, 0.3) is 0 Å². The zero-order valence-electron chi connectivity index (χ0n) is 8.34. The molecule has 2 heteroatoms. The second-order valence-electron chi connectivity index (χ2n) is 3.45. The second kappa shape index (κ2) is 4.90. The van der Waals surface area contributed by atoms with E-state index < -0.39 is 0 Å². The van der Waals surface area contributed by atoms with Gasteiger partial charge in [0.1, 0.15) is 0 Å². The van der Waals surface area contributed by atoms with E-state index >= 15 is 0 Å². The van der Waals surface area contributed by atoms with Crippen LogP contribution in [0.3, 0.4) is 0 Å². The maximum absolute atomic E-state index is 4.66. The molecule has 1 nitrogen and oxygen atoms in total. The molecule has 2 unspecified atom stereocenters. The summed E-state index contributed by atoms with van der Waals surface area (Å²) in [5.74, 6) is 0. The summed E-state index contributed by atoms with van der Waals surface area (Å²) < 4.78 is 0. The van der Waals surface area contributed by atoms with E-state index in [4.69, 9.17) is 0 Å². The molecule has 1 heterocycles. The van der Waals surface area contributed by atoms with Crippen LogP contribution in [-0.4, -0.2) is 16.3 Å². The molecule has 0 saturated heterocycles. The van der Waals surface area contributed by atoms with Crippen LogP contribution in [-0.2, 0) is 0 Å². The van der Waals surface area contributed by atoms with Crippen LogP contribution in [0.5, 0.6) is 0 Å². The van der Waals surface area contributed by atoms with E-state index in [1.807, 2.05) is 11.8 Å². The molecular formula is C10H19NS. The summed E-state index contributed by atoms with van der Waals surface area (Å²) >= 11 is 1.99. The Morgan fingerprint density at radius 2 is 1.92 bits per heavy atom. The summed E-state index contributed by atoms with van der Waals surface area (Å²) in [7, 11) is 0. The number of aliphatic imine (C=N–C) groups is 1. The van der Waals surface area contributed by atoms with Gasteiger partial charge >= 0.3 is 0 Å². The first kappa shape index (κ1) is 10.1. The lowest BCUT2D eigenvalue weighted by atomic mass is 10.1. The minimum absolute atomic E-state index is 0.625. The molecule has 0 fully saturated rings. The van der Waals surface area contributed by atoms with Gasteiger partial charge in [0.2, 0.25) is 0 Å². The monoisotopic (exact) mass is 185 g/mol. The average molecular weight is 185 g/mol. The van der Waals surface area contributed by atoms with Crippen molar-refractivity contribution in [2.45, 2.75) is 57.7 Å². The van der Waals surface area contributed by atoms with Gasteiger partial charge in [0, 0.05) is 5.25 Å². The lowest BCUT2D eigenvalue weighted by molar-refractivity contribution is 0.560. The van der Waals surface area contributed by atoms with Crippen LogP contribution in [0.2, 0.25) is 0 Å². The largest absolute Gasteiger partial charge is 0.279 e. The van der Waals surface area contributed by atoms with E-state index in [-0.39, 0.29) is 0 Å². The molecule has 0 saturated carbocycles. The van der Waals surface area contributed by atoms with Crippen molar-refractivity contribution < 1.29 is 0 Å². The molecule has 12 heavy (non-hydrogen) atoms. The van der Waals surface area contributed by atoms with Crippen molar-refractivity contribution in [3.63, 3.8) is 0 Å². The Labute approximate surface area is 80.0 Å². The molecule has 1 aliphatic heterocycles. The molecule has 0 N–H and O–H groups in total. The summed E-state index contributed by atoms with van der Waals surface area (Å²) in [6.07, 6.45) is 5.16. The van der Waals surface area contributed by atoms with Gasteiger partial charge in [-0.3, -0.25) is 4.99 Å². The predicted octanol–water partition coefficient (Wildman–Crippen LogP) is 3.49. The molecular weight excluding hydrogens is 166 g/mol. The average Bonchev–Trinajstić information content (AvgIpc) is 2.33. The zero-order valence-corrected chi connectivity index (χ0v) is 9.16. The molecule has 1 aliphatic rings. The van der Waals surface area contributed by atoms with Gasteiger partial charge in [-0.2, -0.15) is 0 Å². The van der Waals surface area contributed by atoms with E-state index in [1.54, 1.807) is 0 Å². The van der Waals surface area contributed by atoms with E-state index in [1.165, 1.54) is 30.7 Å². The summed E-state index contributed by atoms with van der Waals surface area (Å²) in [5.41, 5.74) is 0. The SMILES string of the molecule is CCCC1N=C(C)SC1CCC. The third kappa shape index (κ3) is 2.51. The molecule has 0 aromatic rings. The highest BCUT2D eigenvalue weighted by molar-refractivity contribution is 8.14. The van der Waals surface area contributed by atoms with Gasteiger partial charge in [-0.15, -0.1) is 11.8 Å². The summed E-state index contributed by atoms with van der Waals surface area (Å²) in [6.45, 7) is 6.65. The Bertz CT molecular complexity index is 165. The summed E-state index contributed by atoms with van der Waals surface area (Å²) in [6, 6.07) is 0.625. The lowest BCUT2D eigenvalue weighted by Crippen LogP contribution is -2.16. The van der Waals surface area contributed by atoms with Crippen LogP contribution in [0.15, 0.2) is 4.99 Å². The van der Waals surface area contributed by atoms with Gasteiger partial charge in [0.05, 0.1) is 11.1 Å². The summed E-state index contributed by atoms with van der Waals surface area (Å²) in [5, 5.41) is 2.09. The normalized spacial score (nSPS) is 29.1. The van der Waals surface area contributed by atoms with Crippen molar-refractivity contribution in [2.75, 3.05) is 0 Å². The van der Waals surface area contributed by atoms with Crippen molar-refractivity contribution >= 4 is 16.8 Å². The first-order chi connectivity index (χ1) is 5.77. The van der Waals surface area contributed by atoms with Gasteiger partial charge in [-0.1, -0.05) is 26.7 Å². The highest BCUT2D eigenvalue weighted by Crippen LogP contribution is 2.32. The quantitative estimate of drug-likeness (QED) is 0.653. The zero-order chi connectivity index (χ0) is 8.97. The fraction of sp³-hybridized carbons (Fsp3) is 0.900. The van der Waals surface area contributed by atoms with Gasteiger partial charge in [0.15, 0.2) is 0 Å². The Morgan fingerprint density at radius 1 is 1.25 bits per heavy atom. The number of thioether (sulfide) groups is 1. The molecule has 0 aromatic heterocycles. The van der Waals surface area contributed by atoms with Gasteiger partial charge in [-0.25, -0.2) is 0 Å². The Balaban J connectivity index is 2.43. The fourth-order valence-corrected chi connectivity index (χ4v) is 3.07. The highest BCUT2D eigenvalue weighted by atomic mass is 32.2. The molecule has 0 aromatic carbocycles. The minimum atomic E-state index is 0.625. The van der Waals surface area contributed by atoms with E-state index in [2.05, 4.69) is 25.8 Å². The third-order valence-corrected chi connectivity index (χ3v) is 3.56. The fourth-order valence-electron chi connectivity index (χ4n) is 1.73. The second-order valence-corrected chi connectivity index (χ2v) is 4.88. The van der Waals surface area contributed by atoms with E-state index in [0.29, 0.717) is 6.04 Å². The van der Waals surface area contributed by atoms with Crippen LogP contribution < -0.4 is 0 Å². The number of rotatable bonds is 4. The van der Waals surface area contributed by atoms with Crippen LogP contribution in [0.4, 0.5) is 0 Å². The first-order valence-electron chi connectivity index (χ1n) is 4.99. The van der Waals surface area contributed by atoms with Crippen molar-refractivity contribution in [3.8, 4) is 0 Å². The topological polar surface area (TPSA) is 12.4 Å². The minimum Gasteiger partial charge on any atom is -0.279 e. The van der Waals surface area contributed by atoms with E-state index in [0.717, 1.165) is 5.25 Å². The first-order valence-corrected chi connectivity index (χ1v) is 5.87. The van der Waals surface area contributed by atoms with Gasteiger partial charge in [-0.05, 0) is 19.8 Å². The Morgan fingerprint density at radius 3 is 2.50 bits per heavy atom. The number of hydrogen-bond acceptors (Lipinski definition) is 2. The van der Waals surface area contributed by atoms with Crippen molar-refractivity contribution in [1.82, 2.24) is 0 Å². The van der Waals surface area contributed by atoms with Crippen molar-refractivity contribution in [2.24, 2.45) is 4.99 Å². The van der Waals surface area contributed by atoms with Gasteiger partial charge < -0.3 is 0 Å². The molecule has 0 spiro atoms. The van der Waals surface area contributed by atoms with Crippen LogP contribution in [0.25, 0.3) is 0 Å². The predicted molar refractivity (Wildman–Crippen MR) is 58.1 cm³/mol. The molecule has 70 valence electrons. The molecule has 0 amide bonds. The maximum Gasteiger partial charge on any atom is 0.0652 e. The van der Waals surface area contributed by atoms with Crippen LogP contribution in [0.1, 0.15) is 46.5 Å². The maximum atomic E-state index is 4.66. The van der Waals surface area contributed by atoms with E-state index in [9.17, 15) is 0 Å².